The number of benzene rings is 1. The van der Waals surface area contributed by atoms with Crippen LogP contribution in [-0.2, 0) is 11.8 Å². The van der Waals surface area contributed by atoms with E-state index in [0.717, 1.165) is 29.5 Å². The zero-order chi connectivity index (χ0) is 21.6. The number of aryl methyl sites for hydroxylation is 1. The molecule has 1 atom stereocenters. The maximum Gasteiger partial charge on any atom is 0.290 e. The summed E-state index contributed by atoms with van der Waals surface area (Å²) in [6.45, 7) is 3.75. The number of H-pyrrole nitrogens is 1. The summed E-state index contributed by atoms with van der Waals surface area (Å²) in [4.78, 5) is 14.9. The van der Waals surface area contributed by atoms with E-state index in [0.29, 0.717) is 43.2 Å². The number of ether oxygens (including phenoxy) is 2. The number of anilines is 1. The molecule has 9 heteroatoms. The number of nitrogens with zero attached hydrogens (tertiary/aromatic N) is 4. The van der Waals surface area contributed by atoms with Crippen LogP contribution in [0.25, 0.3) is 22.3 Å². The molecule has 3 heterocycles. The molecular formula is C22H27N5O4. The van der Waals surface area contributed by atoms with Crippen LogP contribution in [0.3, 0.4) is 0 Å². The number of fused-ring (bicyclic) bond motifs is 1. The summed E-state index contributed by atoms with van der Waals surface area (Å²) in [5.74, 6) is 0.805. The van der Waals surface area contributed by atoms with E-state index in [1.807, 2.05) is 23.1 Å². The second-order valence-electron chi connectivity index (χ2n) is 8.63. The van der Waals surface area contributed by atoms with E-state index in [2.05, 4.69) is 22.2 Å². The molecule has 1 aliphatic heterocycles. The summed E-state index contributed by atoms with van der Waals surface area (Å²) in [6, 6.07) is 7.68. The zero-order valence-electron chi connectivity index (χ0n) is 17.8. The third kappa shape index (κ3) is 3.90. The Balaban J connectivity index is 1.52. The van der Waals surface area contributed by atoms with Crippen LogP contribution in [0.1, 0.15) is 26.2 Å². The van der Waals surface area contributed by atoms with Crippen LogP contribution in [-0.4, -0.2) is 63.1 Å². The van der Waals surface area contributed by atoms with Crippen molar-refractivity contribution in [2.75, 3.05) is 31.2 Å². The molecule has 2 N–H and O–H groups in total. The molecule has 0 radical (unpaired) electrons. The number of rotatable bonds is 5. The Bertz CT molecular complexity index is 1170. The van der Waals surface area contributed by atoms with Gasteiger partial charge in [0.2, 0.25) is 0 Å². The van der Waals surface area contributed by atoms with Crippen molar-refractivity contribution >= 4 is 16.6 Å². The van der Waals surface area contributed by atoms with Crippen LogP contribution >= 0.6 is 0 Å². The number of hydrogen-bond acceptors (Lipinski definition) is 7. The molecular weight excluding hydrogens is 398 g/mol. The first-order valence-corrected chi connectivity index (χ1v) is 10.7. The quantitative estimate of drug-likeness (QED) is 0.643. The van der Waals surface area contributed by atoms with E-state index in [1.165, 1.54) is 4.68 Å². The lowest BCUT2D eigenvalue weighted by atomic mass is 10.1. The highest BCUT2D eigenvalue weighted by molar-refractivity contribution is 5.93. The Labute approximate surface area is 179 Å². The van der Waals surface area contributed by atoms with Crippen molar-refractivity contribution in [3.8, 4) is 17.1 Å². The second-order valence-corrected chi connectivity index (χ2v) is 8.63. The second kappa shape index (κ2) is 7.65. The fraction of sp³-hybridized carbons (Fsp3) is 0.500. The average molecular weight is 425 g/mol. The van der Waals surface area contributed by atoms with Gasteiger partial charge in [0, 0.05) is 25.5 Å². The first-order valence-electron chi connectivity index (χ1n) is 10.7. The zero-order valence-corrected chi connectivity index (χ0v) is 17.8. The molecule has 1 aliphatic carbocycles. The molecule has 9 nitrogen and oxygen atoms in total. The maximum absolute atomic E-state index is 12.9. The number of aliphatic hydroxyl groups is 1. The van der Waals surface area contributed by atoms with Gasteiger partial charge in [-0.15, -0.1) is 0 Å². The summed E-state index contributed by atoms with van der Waals surface area (Å²) < 4.78 is 13.1. The Hall–Kier alpha value is -2.91. The van der Waals surface area contributed by atoms with E-state index in [-0.39, 0.29) is 23.9 Å². The molecule has 5 rings (SSSR count). The summed E-state index contributed by atoms with van der Waals surface area (Å²) in [6.07, 6.45) is 2.58. The van der Waals surface area contributed by atoms with E-state index in [1.54, 1.807) is 13.1 Å². The molecule has 3 aromatic rings. The molecule has 2 fully saturated rings. The summed E-state index contributed by atoms with van der Waals surface area (Å²) in [5, 5.41) is 22.3. The van der Waals surface area contributed by atoms with Crippen LogP contribution in [0, 0.1) is 0 Å². The topological polar surface area (TPSA) is 106 Å². The van der Waals surface area contributed by atoms with Gasteiger partial charge < -0.3 is 19.5 Å². The van der Waals surface area contributed by atoms with E-state index in [4.69, 9.17) is 9.47 Å². The van der Waals surface area contributed by atoms with Crippen LogP contribution in [0.5, 0.6) is 5.75 Å². The Morgan fingerprint density at radius 2 is 2.16 bits per heavy atom. The number of hydrogen-bond donors (Lipinski definition) is 2. The third-order valence-electron chi connectivity index (χ3n) is 6.12. The van der Waals surface area contributed by atoms with Crippen molar-refractivity contribution < 1.29 is 14.6 Å². The molecule has 1 aromatic carbocycles. The fourth-order valence-electron chi connectivity index (χ4n) is 3.96. The highest BCUT2D eigenvalue weighted by Gasteiger charge is 2.40. The van der Waals surface area contributed by atoms with Gasteiger partial charge in [0.15, 0.2) is 0 Å². The van der Waals surface area contributed by atoms with Crippen molar-refractivity contribution in [3.05, 3.63) is 34.6 Å². The fourth-order valence-corrected chi connectivity index (χ4v) is 3.96. The van der Waals surface area contributed by atoms with Gasteiger partial charge in [-0.1, -0.05) is 0 Å². The van der Waals surface area contributed by atoms with Crippen molar-refractivity contribution in [1.82, 2.24) is 20.0 Å². The van der Waals surface area contributed by atoms with Gasteiger partial charge in [-0.05, 0) is 50.5 Å². The molecule has 0 spiro atoms. The Morgan fingerprint density at radius 3 is 2.94 bits per heavy atom. The molecule has 1 saturated carbocycles. The molecule has 0 bridgehead atoms. The van der Waals surface area contributed by atoms with E-state index >= 15 is 0 Å². The minimum Gasteiger partial charge on any atom is -0.488 e. The normalized spacial score (nSPS) is 20.6. The van der Waals surface area contributed by atoms with Crippen LogP contribution < -0.4 is 15.2 Å². The van der Waals surface area contributed by atoms with Gasteiger partial charge in [0.25, 0.3) is 5.56 Å². The van der Waals surface area contributed by atoms with E-state index < -0.39 is 0 Å². The van der Waals surface area contributed by atoms with Crippen LogP contribution in [0.2, 0.25) is 0 Å². The monoisotopic (exact) mass is 425 g/mol. The van der Waals surface area contributed by atoms with Gasteiger partial charge in [-0.3, -0.25) is 9.89 Å². The number of nitrogens with one attached hydrogen (secondary N) is 1. The minimum absolute atomic E-state index is 0.0177. The first kappa shape index (κ1) is 20.0. The lowest BCUT2D eigenvalue weighted by molar-refractivity contribution is 0.0222. The van der Waals surface area contributed by atoms with Crippen LogP contribution in [0.15, 0.2) is 29.1 Å². The smallest absolute Gasteiger partial charge is 0.290 e. The predicted molar refractivity (Wildman–Crippen MR) is 116 cm³/mol. The van der Waals surface area contributed by atoms with Gasteiger partial charge in [-0.2, -0.15) is 10.2 Å². The SMILES string of the molecule is Cn1nc(-c2n[nH]c3ccc(OC4(C)CC4)cc23)cc(N2CCO[C@@H](CO)CC2)c1=O. The van der Waals surface area contributed by atoms with Crippen molar-refractivity contribution in [3.63, 3.8) is 0 Å². The predicted octanol–water partition coefficient (Wildman–Crippen LogP) is 1.84. The average Bonchev–Trinajstić information content (AvgIpc) is 3.41. The van der Waals surface area contributed by atoms with Crippen molar-refractivity contribution in [2.45, 2.75) is 37.9 Å². The van der Waals surface area contributed by atoms with Gasteiger partial charge >= 0.3 is 0 Å². The molecule has 1 saturated heterocycles. The molecule has 0 amide bonds. The van der Waals surface area contributed by atoms with Crippen molar-refractivity contribution in [2.24, 2.45) is 7.05 Å². The van der Waals surface area contributed by atoms with Gasteiger partial charge in [0.1, 0.15) is 28.4 Å². The molecule has 164 valence electrons. The summed E-state index contributed by atoms with van der Waals surface area (Å²) in [7, 11) is 1.65. The number of aromatic amines is 1. The largest absolute Gasteiger partial charge is 0.488 e. The van der Waals surface area contributed by atoms with Crippen LogP contribution in [0.4, 0.5) is 5.69 Å². The Morgan fingerprint density at radius 1 is 1.32 bits per heavy atom. The minimum atomic E-state index is -0.197. The summed E-state index contributed by atoms with van der Waals surface area (Å²) in [5.41, 5.74) is 2.50. The number of aliphatic hydroxyl groups excluding tert-OH is 1. The van der Waals surface area contributed by atoms with Gasteiger partial charge in [-0.25, -0.2) is 4.68 Å². The molecule has 2 aliphatic rings. The number of aromatic nitrogens is 4. The third-order valence-corrected chi connectivity index (χ3v) is 6.12. The highest BCUT2D eigenvalue weighted by Crippen LogP contribution is 2.40. The lowest BCUT2D eigenvalue weighted by Crippen LogP contribution is -2.34. The molecule has 2 aromatic heterocycles. The Kier molecular flexibility index (Phi) is 4.94. The first-order chi connectivity index (χ1) is 15.0. The van der Waals surface area contributed by atoms with Crippen molar-refractivity contribution in [1.29, 1.82) is 0 Å². The van der Waals surface area contributed by atoms with Gasteiger partial charge in [0.05, 0.1) is 24.8 Å². The lowest BCUT2D eigenvalue weighted by Gasteiger charge is -2.22. The molecule has 31 heavy (non-hydrogen) atoms. The van der Waals surface area contributed by atoms with E-state index in [9.17, 15) is 9.90 Å². The highest BCUT2D eigenvalue weighted by atomic mass is 16.5. The summed E-state index contributed by atoms with van der Waals surface area (Å²) >= 11 is 0. The maximum atomic E-state index is 12.9. The standard InChI is InChI=1S/C22H27N5O4/c1-22(6-7-22)31-14-3-4-17-16(11-14)20(24-23-17)18-12-19(21(29)26(2)25-18)27-8-5-15(13-28)30-10-9-27/h3-4,11-12,15,28H,5-10,13H2,1-2H3,(H,23,24)/t15-/m1/s1. The molecule has 0 unspecified atom stereocenters.